The second-order valence-electron chi connectivity index (χ2n) is 6.07. The second-order valence-corrected chi connectivity index (χ2v) is 6.07. The van der Waals surface area contributed by atoms with Gasteiger partial charge in [-0.15, -0.1) is 0 Å². The van der Waals surface area contributed by atoms with Crippen molar-refractivity contribution in [1.29, 1.82) is 0 Å². The van der Waals surface area contributed by atoms with Crippen LogP contribution in [0.15, 0.2) is 18.5 Å². The van der Waals surface area contributed by atoms with Crippen molar-refractivity contribution in [2.45, 2.75) is 58.8 Å². The van der Waals surface area contributed by atoms with Crippen LogP contribution in [0.4, 0.5) is 0 Å². The Balaban J connectivity index is 1.91. The number of ketones is 1. The van der Waals surface area contributed by atoms with Gasteiger partial charge in [0.15, 0.2) is 5.78 Å². The predicted octanol–water partition coefficient (Wildman–Crippen LogP) is 4.66. The lowest BCUT2D eigenvalue weighted by Gasteiger charge is -2.27. The Morgan fingerprint density at radius 3 is 2.67 bits per heavy atom. The highest BCUT2D eigenvalue weighted by Gasteiger charge is 2.27. The summed E-state index contributed by atoms with van der Waals surface area (Å²) in [5.74, 6) is 1.96. The fourth-order valence-corrected chi connectivity index (χ4v) is 3.24. The van der Waals surface area contributed by atoms with Gasteiger partial charge >= 0.3 is 0 Å². The molecular weight excluding hydrogens is 262 g/mol. The molecule has 0 unspecified atom stereocenters. The van der Waals surface area contributed by atoms with Crippen LogP contribution < -0.4 is 4.74 Å². The molecule has 0 bridgehead atoms. The van der Waals surface area contributed by atoms with Crippen molar-refractivity contribution >= 4 is 5.78 Å². The number of hydrogen-bond donors (Lipinski definition) is 0. The van der Waals surface area contributed by atoms with E-state index in [0.29, 0.717) is 17.9 Å². The molecule has 0 radical (unpaired) electrons. The average Bonchev–Trinajstić information content (AvgIpc) is 2.53. The average molecular weight is 289 g/mol. The monoisotopic (exact) mass is 289 g/mol. The lowest BCUT2D eigenvalue weighted by molar-refractivity contribution is 0.0868. The van der Waals surface area contributed by atoms with E-state index in [1.807, 2.05) is 13.0 Å². The van der Waals surface area contributed by atoms with E-state index >= 15 is 0 Å². The van der Waals surface area contributed by atoms with Gasteiger partial charge in [-0.3, -0.25) is 9.78 Å². The zero-order valence-corrected chi connectivity index (χ0v) is 13.3. The summed E-state index contributed by atoms with van der Waals surface area (Å²) in [4.78, 5) is 16.7. The quantitative estimate of drug-likeness (QED) is 0.685. The van der Waals surface area contributed by atoms with Gasteiger partial charge < -0.3 is 4.74 Å². The number of rotatable bonds is 7. The zero-order chi connectivity index (χ0) is 15.1. The molecule has 1 heterocycles. The molecule has 3 heteroatoms. The summed E-state index contributed by atoms with van der Waals surface area (Å²) in [6, 6.07) is 1.84. The van der Waals surface area contributed by atoms with E-state index in [1.54, 1.807) is 12.4 Å². The normalized spacial score (nSPS) is 22.0. The molecule has 0 atom stereocenters. The van der Waals surface area contributed by atoms with E-state index in [-0.39, 0.29) is 11.7 Å². The first-order chi connectivity index (χ1) is 10.2. The minimum atomic E-state index is 0.182. The summed E-state index contributed by atoms with van der Waals surface area (Å²) in [5.41, 5.74) is 0.706. The number of aromatic nitrogens is 1. The molecule has 0 saturated heterocycles. The van der Waals surface area contributed by atoms with Crippen LogP contribution in [0.5, 0.6) is 5.75 Å². The van der Waals surface area contributed by atoms with Crippen LogP contribution in [-0.2, 0) is 0 Å². The van der Waals surface area contributed by atoms with Gasteiger partial charge in [0.2, 0.25) is 0 Å². The molecule has 1 aliphatic rings. The Kier molecular flexibility index (Phi) is 6.21. The summed E-state index contributed by atoms with van der Waals surface area (Å²) in [7, 11) is 0. The molecule has 2 rings (SSSR count). The zero-order valence-electron chi connectivity index (χ0n) is 13.3. The third-order valence-electron chi connectivity index (χ3n) is 4.49. The first-order valence-corrected chi connectivity index (χ1v) is 8.36. The third kappa shape index (κ3) is 4.55. The van der Waals surface area contributed by atoms with Crippen LogP contribution in [0.1, 0.15) is 69.2 Å². The fourth-order valence-electron chi connectivity index (χ4n) is 3.24. The number of pyridine rings is 1. The molecule has 0 aliphatic heterocycles. The van der Waals surface area contributed by atoms with E-state index in [9.17, 15) is 4.79 Å². The minimum absolute atomic E-state index is 0.182. The highest BCUT2D eigenvalue weighted by molar-refractivity contribution is 5.97. The van der Waals surface area contributed by atoms with E-state index in [4.69, 9.17) is 4.74 Å². The van der Waals surface area contributed by atoms with Crippen molar-refractivity contribution in [2.24, 2.45) is 11.8 Å². The van der Waals surface area contributed by atoms with Crippen molar-refractivity contribution < 1.29 is 9.53 Å². The van der Waals surface area contributed by atoms with E-state index in [1.165, 1.54) is 32.1 Å². The maximum atomic E-state index is 12.6. The standard InChI is InChI=1S/C18H27NO2/c1-3-5-6-14-7-9-15(10-8-14)18(20)16-11-17(21-4-2)13-19-12-16/h11-15H,3-10H2,1-2H3. The second kappa shape index (κ2) is 8.16. The molecule has 0 N–H and O–H groups in total. The molecule has 3 nitrogen and oxygen atoms in total. The Morgan fingerprint density at radius 1 is 1.24 bits per heavy atom. The lowest BCUT2D eigenvalue weighted by atomic mass is 9.77. The topological polar surface area (TPSA) is 39.2 Å². The number of ether oxygens (including phenoxy) is 1. The minimum Gasteiger partial charge on any atom is -0.492 e. The first kappa shape index (κ1) is 16.0. The Hall–Kier alpha value is -1.38. The molecule has 0 spiro atoms. The molecule has 1 aliphatic carbocycles. The molecule has 116 valence electrons. The fraction of sp³-hybridized carbons (Fsp3) is 0.667. The predicted molar refractivity (Wildman–Crippen MR) is 84.7 cm³/mol. The summed E-state index contributed by atoms with van der Waals surface area (Å²) >= 11 is 0. The SMILES string of the molecule is CCCCC1CCC(C(=O)c2cncc(OCC)c2)CC1. The largest absolute Gasteiger partial charge is 0.492 e. The number of carbonyl (C=O) groups excluding carboxylic acids is 1. The number of unbranched alkanes of at least 4 members (excludes halogenated alkanes) is 1. The van der Waals surface area contributed by atoms with Gasteiger partial charge in [-0.2, -0.15) is 0 Å². The Bertz CT molecular complexity index is 450. The van der Waals surface area contributed by atoms with Crippen molar-refractivity contribution in [2.75, 3.05) is 6.61 Å². The molecule has 1 fully saturated rings. The van der Waals surface area contributed by atoms with Gasteiger partial charge in [0.1, 0.15) is 5.75 Å². The van der Waals surface area contributed by atoms with Gasteiger partial charge in [0.05, 0.1) is 12.8 Å². The smallest absolute Gasteiger partial charge is 0.167 e. The Morgan fingerprint density at radius 2 is 2.00 bits per heavy atom. The lowest BCUT2D eigenvalue weighted by Crippen LogP contribution is -2.22. The summed E-state index contributed by atoms with van der Waals surface area (Å²) < 4.78 is 5.43. The first-order valence-electron chi connectivity index (χ1n) is 8.36. The van der Waals surface area contributed by atoms with Crippen LogP contribution >= 0.6 is 0 Å². The number of nitrogens with zero attached hydrogens (tertiary/aromatic N) is 1. The van der Waals surface area contributed by atoms with Crippen molar-refractivity contribution in [1.82, 2.24) is 4.98 Å². The van der Waals surface area contributed by atoms with Gasteiger partial charge in [-0.25, -0.2) is 0 Å². The van der Waals surface area contributed by atoms with Crippen LogP contribution in [0.3, 0.4) is 0 Å². The van der Waals surface area contributed by atoms with Gasteiger partial charge in [0, 0.05) is 17.7 Å². The van der Waals surface area contributed by atoms with Crippen molar-refractivity contribution in [3.63, 3.8) is 0 Å². The highest BCUT2D eigenvalue weighted by atomic mass is 16.5. The summed E-state index contributed by atoms with van der Waals surface area (Å²) in [6.45, 7) is 4.78. The van der Waals surface area contributed by atoms with E-state index in [0.717, 1.165) is 18.8 Å². The van der Waals surface area contributed by atoms with Crippen LogP contribution in [-0.4, -0.2) is 17.4 Å². The molecular formula is C18H27NO2. The molecule has 1 aromatic rings. The maximum absolute atomic E-state index is 12.6. The molecule has 1 aromatic heterocycles. The van der Waals surface area contributed by atoms with Crippen molar-refractivity contribution in [3.05, 3.63) is 24.0 Å². The number of Topliss-reactive ketones (excluding diaryl/α,β-unsaturated/α-hetero) is 1. The van der Waals surface area contributed by atoms with Crippen LogP contribution in [0.25, 0.3) is 0 Å². The van der Waals surface area contributed by atoms with Crippen molar-refractivity contribution in [3.8, 4) is 5.75 Å². The summed E-state index contributed by atoms with van der Waals surface area (Å²) in [6.07, 6.45) is 11.7. The molecule has 0 amide bonds. The number of carbonyl (C=O) groups is 1. The Labute approximate surface area is 128 Å². The van der Waals surface area contributed by atoms with Gasteiger partial charge in [-0.1, -0.05) is 26.2 Å². The molecule has 0 aromatic carbocycles. The molecule has 21 heavy (non-hydrogen) atoms. The number of hydrogen-bond acceptors (Lipinski definition) is 3. The van der Waals surface area contributed by atoms with E-state index in [2.05, 4.69) is 11.9 Å². The van der Waals surface area contributed by atoms with Crippen LogP contribution in [0, 0.1) is 11.8 Å². The third-order valence-corrected chi connectivity index (χ3v) is 4.49. The van der Waals surface area contributed by atoms with E-state index < -0.39 is 0 Å². The highest BCUT2D eigenvalue weighted by Crippen LogP contribution is 2.33. The van der Waals surface area contributed by atoms with Gasteiger partial charge in [0.25, 0.3) is 0 Å². The van der Waals surface area contributed by atoms with Gasteiger partial charge in [-0.05, 0) is 44.6 Å². The maximum Gasteiger partial charge on any atom is 0.167 e. The molecule has 1 saturated carbocycles. The van der Waals surface area contributed by atoms with Crippen LogP contribution in [0.2, 0.25) is 0 Å². The summed E-state index contributed by atoms with van der Waals surface area (Å²) in [5, 5.41) is 0.